The summed E-state index contributed by atoms with van der Waals surface area (Å²) >= 11 is 7.91. The zero-order chi connectivity index (χ0) is 17.8. The Hall–Kier alpha value is -1.40. The molecule has 1 aromatic carbocycles. The molecule has 0 radical (unpaired) electrons. The van der Waals surface area contributed by atoms with Crippen LogP contribution in [0, 0.1) is 0 Å². The number of thioether (sulfide) groups is 1. The van der Waals surface area contributed by atoms with E-state index in [1.165, 1.54) is 0 Å². The monoisotopic (exact) mass is 381 g/mol. The van der Waals surface area contributed by atoms with Crippen molar-refractivity contribution in [3.8, 4) is 0 Å². The van der Waals surface area contributed by atoms with Crippen LogP contribution < -0.4 is 16.0 Å². The van der Waals surface area contributed by atoms with Crippen LogP contribution in [0.4, 0.5) is 4.79 Å². The zero-order valence-electron chi connectivity index (χ0n) is 14.3. The Balaban J connectivity index is 1.35. The molecule has 136 valence electrons. The van der Waals surface area contributed by atoms with Crippen LogP contribution in [0.1, 0.15) is 44.2 Å². The van der Waals surface area contributed by atoms with Crippen LogP contribution in [0.5, 0.6) is 0 Å². The van der Waals surface area contributed by atoms with E-state index in [1.807, 2.05) is 43.0 Å². The smallest absolute Gasteiger partial charge is 0.315 e. The highest BCUT2D eigenvalue weighted by Crippen LogP contribution is 2.33. The van der Waals surface area contributed by atoms with Crippen LogP contribution in [0.2, 0.25) is 5.02 Å². The maximum Gasteiger partial charge on any atom is 0.315 e. The highest BCUT2D eigenvalue weighted by molar-refractivity contribution is 8.00. The van der Waals surface area contributed by atoms with Crippen molar-refractivity contribution in [2.45, 2.75) is 56.0 Å². The first-order valence-corrected chi connectivity index (χ1v) is 10.2. The molecule has 2 aliphatic rings. The Bertz CT molecular complexity index is 643. The van der Waals surface area contributed by atoms with E-state index in [1.54, 1.807) is 0 Å². The number of rotatable bonds is 7. The van der Waals surface area contributed by atoms with Gasteiger partial charge in [-0.1, -0.05) is 30.2 Å². The van der Waals surface area contributed by atoms with Crippen LogP contribution in [0.25, 0.3) is 0 Å². The van der Waals surface area contributed by atoms with E-state index in [0.717, 1.165) is 30.6 Å². The van der Waals surface area contributed by atoms with Crippen LogP contribution in [0.15, 0.2) is 24.3 Å². The Morgan fingerprint density at radius 1 is 1.40 bits per heavy atom. The fourth-order valence-electron chi connectivity index (χ4n) is 3.45. The molecule has 2 aliphatic heterocycles. The molecular formula is C18H24ClN3O2S. The minimum Gasteiger partial charge on any atom is -0.350 e. The predicted molar refractivity (Wildman–Crippen MR) is 102 cm³/mol. The molecule has 5 nitrogen and oxygen atoms in total. The van der Waals surface area contributed by atoms with Crippen molar-refractivity contribution in [3.63, 3.8) is 0 Å². The van der Waals surface area contributed by atoms with Crippen LogP contribution in [-0.2, 0) is 4.79 Å². The van der Waals surface area contributed by atoms with Gasteiger partial charge in [-0.2, -0.15) is 11.8 Å². The zero-order valence-corrected chi connectivity index (χ0v) is 15.8. The maximum absolute atomic E-state index is 12.1. The normalized spacial score (nSPS) is 25.8. The van der Waals surface area contributed by atoms with Crippen molar-refractivity contribution in [2.24, 2.45) is 0 Å². The number of benzene rings is 1. The van der Waals surface area contributed by atoms with Gasteiger partial charge in [-0.05, 0) is 37.5 Å². The molecule has 2 saturated heterocycles. The lowest BCUT2D eigenvalue weighted by Gasteiger charge is -2.17. The molecule has 3 amide bonds. The summed E-state index contributed by atoms with van der Waals surface area (Å²) in [5.41, 5.74) is 1.01. The first-order valence-electron chi connectivity index (χ1n) is 8.76. The molecule has 0 bridgehead atoms. The van der Waals surface area contributed by atoms with Crippen molar-refractivity contribution in [2.75, 3.05) is 5.75 Å². The van der Waals surface area contributed by atoms with Gasteiger partial charge in [0, 0.05) is 22.4 Å². The summed E-state index contributed by atoms with van der Waals surface area (Å²) in [5.74, 6) is 1.05. The van der Waals surface area contributed by atoms with Crippen LogP contribution in [0.3, 0.4) is 0 Å². The fraction of sp³-hybridized carbons (Fsp3) is 0.556. The molecule has 0 aliphatic carbocycles. The molecule has 2 fully saturated rings. The average Bonchev–Trinajstić information content (AvgIpc) is 3.11. The number of hydrogen-bond acceptors (Lipinski definition) is 3. The lowest BCUT2D eigenvalue weighted by atomic mass is 10.0. The van der Waals surface area contributed by atoms with Crippen LogP contribution >= 0.6 is 23.4 Å². The molecule has 1 unspecified atom stereocenters. The molecule has 1 aromatic rings. The second kappa shape index (κ2) is 8.32. The standard InChI is InChI=1S/C18H24ClN3O2S/c1-11(12-5-4-6-13(19)9-12)20-16(23)8-3-2-7-15-17-14(10-25-15)21-18(24)22-17/h4-6,9,11,14-15,17H,2-3,7-8,10H2,1H3,(H,20,23)(H2,21,22,24)/t11?,14-,15-,17-/m0/s1. The van der Waals surface area contributed by atoms with E-state index in [9.17, 15) is 9.59 Å². The van der Waals surface area contributed by atoms with E-state index >= 15 is 0 Å². The van der Waals surface area contributed by atoms with Gasteiger partial charge in [0.05, 0.1) is 18.1 Å². The van der Waals surface area contributed by atoms with Crippen molar-refractivity contribution in [1.82, 2.24) is 16.0 Å². The highest BCUT2D eigenvalue weighted by atomic mass is 35.5. The largest absolute Gasteiger partial charge is 0.350 e. The quantitative estimate of drug-likeness (QED) is 0.501. The Morgan fingerprint density at radius 3 is 3.04 bits per heavy atom. The van der Waals surface area contributed by atoms with Crippen molar-refractivity contribution < 1.29 is 9.59 Å². The summed E-state index contributed by atoms with van der Waals surface area (Å²) in [6.45, 7) is 1.97. The van der Waals surface area contributed by atoms with Gasteiger partial charge < -0.3 is 16.0 Å². The number of hydrogen-bond donors (Lipinski definition) is 3. The van der Waals surface area contributed by atoms with Gasteiger partial charge in [0.1, 0.15) is 0 Å². The number of fused-ring (bicyclic) bond motifs is 1. The second-order valence-corrected chi connectivity index (χ2v) is 8.42. The molecule has 25 heavy (non-hydrogen) atoms. The summed E-state index contributed by atoms with van der Waals surface area (Å²) < 4.78 is 0. The number of halogens is 1. The van der Waals surface area contributed by atoms with Gasteiger partial charge in [-0.25, -0.2) is 4.79 Å². The lowest BCUT2D eigenvalue weighted by Crippen LogP contribution is -2.36. The molecular weight excluding hydrogens is 358 g/mol. The molecule has 2 heterocycles. The molecule has 0 aromatic heterocycles. The number of carbonyl (C=O) groups excluding carboxylic acids is 2. The van der Waals surface area contributed by atoms with E-state index < -0.39 is 0 Å². The third-order valence-electron chi connectivity index (χ3n) is 4.81. The van der Waals surface area contributed by atoms with Gasteiger partial charge in [0.25, 0.3) is 0 Å². The number of urea groups is 1. The van der Waals surface area contributed by atoms with Crippen molar-refractivity contribution in [3.05, 3.63) is 34.9 Å². The SMILES string of the molecule is CC(NC(=O)CCCC[C@@H]1SC[C@@H]2NC(=O)N[C@@H]21)c1cccc(Cl)c1. The van der Waals surface area contributed by atoms with Gasteiger partial charge >= 0.3 is 6.03 Å². The van der Waals surface area contributed by atoms with Gasteiger partial charge in [-0.15, -0.1) is 0 Å². The third kappa shape index (κ3) is 4.82. The van der Waals surface area contributed by atoms with E-state index in [4.69, 9.17) is 11.6 Å². The summed E-state index contributed by atoms with van der Waals surface area (Å²) in [6, 6.07) is 7.99. The lowest BCUT2D eigenvalue weighted by molar-refractivity contribution is -0.121. The molecule has 3 rings (SSSR count). The summed E-state index contributed by atoms with van der Waals surface area (Å²) in [7, 11) is 0. The minimum absolute atomic E-state index is 0.0443. The van der Waals surface area contributed by atoms with Crippen molar-refractivity contribution >= 4 is 35.3 Å². The number of nitrogens with one attached hydrogen (secondary N) is 3. The first kappa shape index (κ1) is 18.4. The number of carbonyl (C=O) groups is 2. The summed E-state index contributed by atoms with van der Waals surface area (Å²) in [4.78, 5) is 23.5. The average molecular weight is 382 g/mol. The van der Waals surface area contributed by atoms with E-state index in [-0.39, 0.29) is 30.1 Å². The Kier molecular flexibility index (Phi) is 6.12. The molecule has 4 atom stereocenters. The fourth-order valence-corrected chi connectivity index (χ4v) is 5.19. The Labute approximate surface area is 157 Å². The number of unbranched alkanes of at least 4 members (excludes halogenated alkanes) is 1. The van der Waals surface area contributed by atoms with Crippen LogP contribution in [-0.4, -0.2) is 35.0 Å². The summed E-state index contributed by atoms with van der Waals surface area (Å²) in [5, 5.41) is 10.1. The third-order valence-corrected chi connectivity index (χ3v) is 6.55. The first-order chi connectivity index (χ1) is 12.0. The van der Waals surface area contributed by atoms with E-state index in [0.29, 0.717) is 16.7 Å². The Morgan fingerprint density at radius 2 is 2.24 bits per heavy atom. The molecule has 3 N–H and O–H groups in total. The molecule has 0 spiro atoms. The topological polar surface area (TPSA) is 70.2 Å². The second-order valence-electron chi connectivity index (χ2n) is 6.71. The van der Waals surface area contributed by atoms with E-state index in [2.05, 4.69) is 16.0 Å². The van der Waals surface area contributed by atoms with Gasteiger partial charge in [0.15, 0.2) is 0 Å². The van der Waals surface area contributed by atoms with Gasteiger partial charge in [-0.3, -0.25) is 4.79 Å². The molecule has 0 saturated carbocycles. The summed E-state index contributed by atoms with van der Waals surface area (Å²) in [6.07, 6.45) is 3.42. The predicted octanol–water partition coefficient (Wildman–Crippen LogP) is 3.24. The van der Waals surface area contributed by atoms with Gasteiger partial charge in [0.2, 0.25) is 5.91 Å². The van der Waals surface area contributed by atoms with Crippen molar-refractivity contribution in [1.29, 1.82) is 0 Å². The number of amides is 3. The minimum atomic E-state index is -0.0466. The maximum atomic E-state index is 12.1. The molecule has 7 heteroatoms. The highest BCUT2D eigenvalue weighted by Gasteiger charge is 2.42.